The number of nitrogens with one attached hydrogen (secondary N) is 2. The minimum absolute atomic E-state index is 0.0546. The SMILES string of the molecule is COc1cc(CCNCC(=O)Nc2ccc(C(=O)c3ccccc3)cc2)ccc1O. The zero-order valence-electron chi connectivity index (χ0n) is 16.7. The van der Waals surface area contributed by atoms with Gasteiger partial charge in [0.2, 0.25) is 5.91 Å². The van der Waals surface area contributed by atoms with Gasteiger partial charge >= 0.3 is 0 Å². The van der Waals surface area contributed by atoms with E-state index in [9.17, 15) is 14.7 Å². The van der Waals surface area contributed by atoms with Gasteiger partial charge < -0.3 is 20.5 Å². The van der Waals surface area contributed by atoms with Crippen molar-refractivity contribution in [1.82, 2.24) is 5.32 Å². The van der Waals surface area contributed by atoms with E-state index < -0.39 is 0 Å². The Morgan fingerprint density at radius 1 is 0.933 bits per heavy atom. The van der Waals surface area contributed by atoms with Crippen LogP contribution >= 0.6 is 0 Å². The minimum atomic E-state index is -0.166. The summed E-state index contributed by atoms with van der Waals surface area (Å²) in [5, 5.41) is 15.5. The first-order chi connectivity index (χ1) is 14.6. The van der Waals surface area contributed by atoms with Gasteiger partial charge in [0.1, 0.15) is 0 Å². The number of aromatic hydroxyl groups is 1. The summed E-state index contributed by atoms with van der Waals surface area (Å²) in [7, 11) is 1.51. The molecular weight excluding hydrogens is 380 g/mol. The summed E-state index contributed by atoms with van der Waals surface area (Å²) in [6, 6.07) is 21.1. The number of amides is 1. The van der Waals surface area contributed by atoms with Crippen LogP contribution in [0.2, 0.25) is 0 Å². The maximum Gasteiger partial charge on any atom is 0.238 e. The van der Waals surface area contributed by atoms with Crippen LogP contribution in [0.3, 0.4) is 0 Å². The number of rotatable bonds is 9. The lowest BCUT2D eigenvalue weighted by Gasteiger charge is -2.09. The highest BCUT2D eigenvalue weighted by molar-refractivity contribution is 6.09. The first kappa shape index (κ1) is 21.1. The number of benzene rings is 3. The molecule has 3 N–H and O–H groups in total. The number of ketones is 1. The van der Waals surface area contributed by atoms with Crippen LogP contribution < -0.4 is 15.4 Å². The van der Waals surface area contributed by atoms with Crippen LogP contribution in [0.25, 0.3) is 0 Å². The van der Waals surface area contributed by atoms with Gasteiger partial charge in [-0.05, 0) is 54.9 Å². The third-order valence-corrected chi connectivity index (χ3v) is 4.59. The van der Waals surface area contributed by atoms with E-state index in [0.29, 0.717) is 35.5 Å². The van der Waals surface area contributed by atoms with Gasteiger partial charge in [0.05, 0.1) is 13.7 Å². The molecule has 0 saturated carbocycles. The highest BCUT2D eigenvalue weighted by Crippen LogP contribution is 2.26. The second-order valence-electron chi connectivity index (χ2n) is 6.75. The zero-order chi connectivity index (χ0) is 21.3. The van der Waals surface area contributed by atoms with E-state index in [1.165, 1.54) is 7.11 Å². The highest BCUT2D eigenvalue weighted by atomic mass is 16.5. The predicted octanol–water partition coefficient (Wildman–Crippen LogP) is 3.40. The predicted molar refractivity (Wildman–Crippen MR) is 116 cm³/mol. The van der Waals surface area contributed by atoms with E-state index in [1.54, 1.807) is 48.5 Å². The number of carbonyl (C=O) groups is 2. The molecule has 0 atom stereocenters. The quantitative estimate of drug-likeness (QED) is 0.376. The number of carbonyl (C=O) groups excluding carboxylic acids is 2. The van der Waals surface area contributed by atoms with Gasteiger partial charge in [0, 0.05) is 16.8 Å². The van der Waals surface area contributed by atoms with E-state index in [0.717, 1.165) is 5.56 Å². The zero-order valence-corrected chi connectivity index (χ0v) is 16.7. The van der Waals surface area contributed by atoms with Gasteiger partial charge in [-0.25, -0.2) is 0 Å². The molecule has 30 heavy (non-hydrogen) atoms. The van der Waals surface area contributed by atoms with Crippen LogP contribution in [0.5, 0.6) is 11.5 Å². The van der Waals surface area contributed by atoms with Crippen molar-refractivity contribution in [2.75, 3.05) is 25.5 Å². The molecule has 6 nitrogen and oxygen atoms in total. The average Bonchev–Trinajstić information content (AvgIpc) is 2.78. The lowest BCUT2D eigenvalue weighted by atomic mass is 10.0. The second-order valence-corrected chi connectivity index (χ2v) is 6.75. The Hall–Kier alpha value is -3.64. The Morgan fingerprint density at radius 2 is 1.63 bits per heavy atom. The average molecular weight is 404 g/mol. The van der Waals surface area contributed by atoms with Crippen molar-refractivity contribution in [1.29, 1.82) is 0 Å². The highest BCUT2D eigenvalue weighted by Gasteiger charge is 2.09. The Kier molecular flexibility index (Phi) is 7.19. The maximum atomic E-state index is 12.4. The Balaban J connectivity index is 1.44. The molecule has 0 aliphatic carbocycles. The molecule has 1 amide bonds. The molecular formula is C24H24N2O4. The van der Waals surface area contributed by atoms with Gasteiger partial charge in [-0.1, -0.05) is 36.4 Å². The second kappa shape index (κ2) is 10.2. The standard InChI is InChI=1S/C24H24N2O4/c1-30-22-15-17(7-12-21(22)27)13-14-25-16-23(28)26-20-10-8-19(9-11-20)24(29)18-5-3-2-4-6-18/h2-12,15,25,27H,13-14,16H2,1H3,(H,26,28). The Bertz CT molecular complexity index is 1000. The number of hydrogen-bond donors (Lipinski definition) is 3. The van der Waals surface area contributed by atoms with E-state index in [1.807, 2.05) is 24.3 Å². The molecule has 0 unspecified atom stereocenters. The smallest absolute Gasteiger partial charge is 0.238 e. The monoisotopic (exact) mass is 404 g/mol. The Morgan fingerprint density at radius 3 is 2.33 bits per heavy atom. The van der Waals surface area contributed by atoms with Gasteiger partial charge in [0.25, 0.3) is 0 Å². The number of phenolic OH excluding ortho intramolecular Hbond substituents is 1. The molecule has 3 rings (SSSR count). The van der Waals surface area contributed by atoms with E-state index in [4.69, 9.17) is 4.74 Å². The molecule has 0 radical (unpaired) electrons. The van der Waals surface area contributed by atoms with Gasteiger partial charge in [-0.15, -0.1) is 0 Å². The molecule has 0 aromatic heterocycles. The molecule has 0 aliphatic rings. The summed E-state index contributed by atoms with van der Waals surface area (Å²) in [4.78, 5) is 24.5. The van der Waals surface area contributed by atoms with Crippen molar-refractivity contribution in [3.8, 4) is 11.5 Å². The first-order valence-electron chi connectivity index (χ1n) is 9.63. The van der Waals surface area contributed by atoms with Crippen molar-refractivity contribution < 1.29 is 19.4 Å². The molecule has 0 fully saturated rings. The van der Waals surface area contributed by atoms with Crippen LogP contribution in [0.15, 0.2) is 72.8 Å². The summed E-state index contributed by atoms with van der Waals surface area (Å²) in [6.45, 7) is 0.770. The largest absolute Gasteiger partial charge is 0.504 e. The lowest BCUT2D eigenvalue weighted by molar-refractivity contribution is -0.115. The molecule has 3 aromatic rings. The number of methoxy groups -OCH3 is 1. The number of phenols is 1. The fraction of sp³-hybridized carbons (Fsp3) is 0.167. The molecule has 0 heterocycles. The summed E-state index contributed by atoms with van der Waals surface area (Å²) in [5.41, 5.74) is 2.83. The van der Waals surface area contributed by atoms with Crippen LogP contribution in [0.4, 0.5) is 5.69 Å². The third kappa shape index (κ3) is 5.68. The minimum Gasteiger partial charge on any atom is -0.504 e. The van der Waals surface area contributed by atoms with Crippen molar-refractivity contribution in [3.63, 3.8) is 0 Å². The molecule has 3 aromatic carbocycles. The van der Waals surface area contributed by atoms with Crippen LogP contribution in [-0.4, -0.2) is 37.0 Å². The first-order valence-corrected chi connectivity index (χ1v) is 9.63. The third-order valence-electron chi connectivity index (χ3n) is 4.59. The molecule has 0 aliphatic heterocycles. The summed E-state index contributed by atoms with van der Waals surface area (Å²) < 4.78 is 5.09. The lowest BCUT2D eigenvalue weighted by Crippen LogP contribution is -2.29. The van der Waals surface area contributed by atoms with Crippen molar-refractivity contribution in [3.05, 3.63) is 89.5 Å². The summed E-state index contributed by atoms with van der Waals surface area (Å²) in [5.74, 6) is 0.311. The fourth-order valence-corrected chi connectivity index (χ4v) is 2.98. The maximum absolute atomic E-state index is 12.4. The Labute approximate surface area is 175 Å². The van der Waals surface area contributed by atoms with Crippen molar-refractivity contribution in [2.45, 2.75) is 6.42 Å². The summed E-state index contributed by atoms with van der Waals surface area (Å²) >= 11 is 0. The van der Waals surface area contributed by atoms with Crippen molar-refractivity contribution >= 4 is 17.4 Å². The molecule has 0 saturated heterocycles. The molecule has 154 valence electrons. The topological polar surface area (TPSA) is 87.7 Å². The number of ether oxygens (including phenoxy) is 1. The van der Waals surface area contributed by atoms with Crippen LogP contribution in [0.1, 0.15) is 21.5 Å². The van der Waals surface area contributed by atoms with Gasteiger partial charge in [-0.3, -0.25) is 9.59 Å². The van der Waals surface area contributed by atoms with Gasteiger partial charge in [-0.2, -0.15) is 0 Å². The summed E-state index contributed by atoms with van der Waals surface area (Å²) in [6.07, 6.45) is 0.695. The van der Waals surface area contributed by atoms with E-state index in [2.05, 4.69) is 10.6 Å². The van der Waals surface area contributed by atoms with E-state index >= 15 is 0 Å². The van der Waals surface area contributed by atoms with Crippen LogP contribution in [0, 0.1) is 0 Å². The van der Waals surface area contributed by atoms with Gasteiger partial charge in [0.15, 0.2) is 17.3 Å². The molecule has 0 spiro atoms. The van der Waals surface area contributed by atoms with Crippen molar-refractivity contribution in [2.24, 2.45) is 0 Å². The molecule has 0 bridgehead atoms. The number of hydrogen-bond acceptors (Lipinski definition) is 5. The number of anilines is 1. The van der Waals surface area contributed by atoms with E-state index in [-0.39, 0.29) is 24.0 Å². The normalized spacial score (nSPS) is 10.4. The fourth-order valence-electron chi connectivity index (χ4n) is 2.98. The van der Waals surface area contributed by atoms with Crippen LogP contribution in [-0.2, 0) is 11.2 Å². The molecule has 6 heteroatoms.